The summed E-state index contributed by atoms with van der Waals surface area (Å²) >= 11 is 0. The molecule has 2 aromatic heterocycles. The third-order valence-electron chi connectivity index (χ3n) is 2.38. The van der Waals surface area contributed by atoms with Gasteiger partial charge < -0.3 is 15.1 Å². The van der Waals surface area contributed by atoms with Crippen LogP contribution in [0, 0.1) is 0 Å². The lowest BCUT2D eigenvalue weighted by molar-refractivity contribution is 0.0692. The fourth-order valence-electron chi connectivity index (χ4n) is 1.59. The van der Waals surface area contributed by atoms with Gasteiger partial charge in [0.2, 0.25) is 0 Å². The van der Waals surface area contributed by atoms with Crippen molar-refractivity contribution >= 4 is 5.97 Å². The van der Waals surface area contributed by atoms with Crippen molar-refractivity contribution in [2.45, 2.75) is 13.3 Å². The van der Waals surface area contributed by atoms with Crippen LogP contribution >= 0.6 is 0 Å². The monoisotopic (exact) mass is 204 g/mol. The highest BCUT2D eigenvalue weighted by Gasteiger charge is 2.15. The van der Waals surface area contributed by atoms with Gasteiger partial charge in [0.1, 0.15) is 5.69 Å². The number of nitrogens with one attached hydrogen (secondary N) is 2. The minimum Gasteiger partial charge on any atom is -0.477 e. The van der Waals surface area contributed by atoms with Crippen molar-refractivity contribution in [1.29, 1.82) is 0 Å². The maximum absolute atomic E-state index is 11.0. The lowest BCUT2D eigenvalue weighted by atomic mass is 10.1. The van der Waals surface area contributed by atoms with Gasteiger partial charge in [-0.2, -0.15) is 0 Å². The minimum atomic E-state index is -0.925. The normalized spacial score (nSPS) is 10.5. The fraction of sp³-hybridized carbons (Fsp3) is 0.182. The van der Waals surface area contributed by atoms with Gasteiger partial charge in [0.25, 0.3) is 0 Å². The molecule has 15 heavy (non-hydrogen) atoms. The van der Waals surface area contributed by atoms with E-state index in [9.17, 15) is 4.79 Å². The molecule has 0 aliphatic carbocycles. The summed E-state index contributed by atoms with van der Waals surface area (Å²) in [5, 5.41) is 9.03. The number of aryl methyl sites for hydroxylation is 1. The van der Waals surface area contributed by atoms with Gasteiger partial charge in [0.15, 0.2) is 0 Å². The van der Waals surface area contributed by atoms with Gasteiger partial charge in [-0.15, -0.1) is 0 Å². The molecule has 0 amide bonds. The van der Waals surface area contributed by atoms with E-state index in [1.54, 1.807) is 12.4 Å². The van der Waals surface area contributed by atoms with Gasteiger partial charge in [-0.3, -0.25) is 0 Å². The molecule has 0 saturated carbocycles. The van der Waals surface area contributed by atoms with Crippen molar-refractivity contribution in [1.82, 2.24) is 9.97 Å². The highest BCUT2D eigenvalue weighted by Crippen LogP contribution is 2.24. The number of H-pyrrole nitrogens is 2. The molecule has 0 saturated heterocycles. The van der Waals surface area contributed by atoms with Gasteiger partial charge in [0, 0.05) is 29.2 Å². The van der Waals surface area contributed by atoms with E-state index in [1.807, 2.05) is 19.1 Å². The topological polar surface area (TPSA) is 68.9 Å². The molecule has 0 aliphatic rings. The smallest absolute Gasteiger partial charge is 0.352 e. The fourth-order valence-corrected chi connectivity index (χ4v) is 1.59. The molecule has 0 aromatic carbocycles. The summed E-state index contributed by atoms with van der Waals surface area (Å²) in [6.07, 6.45) is 4.36. The van der Waals surface area contributed by atoms with Crippen molar-refractivity contribution in [3.63, 3.8) is 0 Å². The average Bonchev–Trinajstić information content (AvgIpc) is 2.86. The first-order chi connectivity index (χ1) is 7.22. The predicted molar refractivity (Wildman–Crippen MR) is 56.9 cm³/mol. The van der Waals surface area contributed by atoms with Crippen molar-refractivity contribution in [3.05, 3.63) is 35.9 Å². The molecule has 2 heterocycles. The van der Waals surface area contributed by atoms with Crippen LogP contribution in [0.5, 0.6) is 0 Å². The molecular formula is C11H12N2O2. The number of carbonyl (C=O) groups is 1. The first kappa shape index (κ1) is 9.58. The molecule has 0 atom stereocenters. The van der Waals surface area contributed by atoms with E-state index >= 15 is 0 Å². The number of rotatable bonds is 3. The number of aromatic nitrogens is 2. The summed E-state index contributed by atoms with van der Waals surface area (Å²) < 4.78 is 0. The zero-order valence-electron chi connectivity index (χ0n) is 8.37. The number of hydrogen-bond acceptors (Lipinski definition) is 1. The average molecular weight is 204 g/mol. The maximum atomic E-state index is 11.0. The minimum absolute atomic E-state index is 0.256. The predicted octanol–water partition coefficient (Wildman–Crippen LogP) is 2.27. The van der Waals surface area contributed by atoms with Crippen molar-refractivity contribution in [2.75, 3.05) is 0 Å². The largest absolute Gasteiger partial charge is 0.477 e. The molecule has 4 heteroatoms. The van der Waals surface area contributed by atoms with Crippen molar-refractivity contribution in [3.8, 4) is 11.1 Å². The molecule has 78 valence electrons. The van der Waals surface area contributed by atoms with Crippen LogP contribution in [0.4, 0.5) is 0 Å². The van der Waals surface area contributed by atoms with Crippen LogP contribution in [0.2, 0.25) is 0 Å². The molecule has 0 fully saturated rings. The van der Waals surface area contributed by atoms with Gasteiger partial charge in [-0.25, -0.2) is 4.79 Å². The standard InChI is InChI=1S/C11H12N2O2/c1-2-8-5-9(7-3-4-12-6-7)10(13-8)11(14)15/h3-6,12-13H,2H2,1H3,(H,14,15). The summed E-state index contributed by atoms with van der Waals surface area (Å²) in [6, 6.07) is 3.74. The van der Waals surface area contributed by atoms with E-state index in [0.717, 1.165) is 23.2 Å². The Morgan fingerprint density at radius 3 is 2.87 bits per heavy atom. The van der Waals surface area contributed by atoms with Crippen LogP contribution in [0.15, 0.2) is 24.5 Å². The van der Waals surface area contributed by atoms with Crippen LogP contribution in [0.25, 0.3) is 11.1 Å². The third kappa shape index (κ3) is 1.66. The number of carboxylic acids is 1. The lowest BCUT2D eigenvalue weighted by Gasteiger charge is -1.94. The second kappa shape index (κ2) is 3.65. The van der Waals surface area contributed by atoms with Gasteiger partial charge in [0.05, 0.1) is 0 Å². The zero-order valence-corrected chi connectivity index (χ0v) is 8.37. The Labute approximate surface area is 87.0 Å². The molecule has 4 nitrogen and oxygen atoms in total. The molecular weight excluding hydrogens is 192 g/mol. The highest BCUT2D eigenvalue weighted by atomic mass is 16.4. The molecule has 0 unspecified atom stereocenters. The molecule has 2 aromatic rings. The van der Waals surface area contributed by atoms with Crippen molar-refractivity contribution < 1.29 is 9.90 Å². The number of hydrogen-bond donors (Lipinski definition) is 3. The summed E-state index contributed by atoms with van der Waals surface area (Å²) in [7, 11) is 0. The third-order valence-corrected chi connectivity index (χ3v) is 2.38. The van der Waals surface area contributed by atoms with E-state index in [4.69, 9.17) is 5.11 Å². The molecule has 2 rings (SSSR count). The highest BCUT2D eigenvalue weighted by molar-refractivity contribution is 5.94. The van der Waals surface area contributed by atoms with Crippen LogP contribution in [-0.2, 0) is 6.42 Å². The van der Waals surface area contributed by atoms with Gasteiger partial charge in [-0.05, 0) is 18.6 Å². The quantitative estimate of drug-likeness (QED) is 0.717. The molecule has 0 aliphatic heterocycles. The lowest BCUT2D eigenvalue weighted by Crippen LogP contribution is -1.98. The molecule has 0 radical (unpaired) electrons. The van der Waals surface area contributed by atoms with E-state index in [2.05, 4.69) is 9.97 Å². The maximum Gasteiger partial charge on any atom is 0.352 e. The summed E-state index contributed by atoms with van der Waals surface area (Å²) in [5.41, 5.74) is 2.82. The van der Waals surface area contributed by atoms with E-state index in [0.29, 0.717) is 0 Å². The van der Waals surface area contributed by atoms with Gasteiger partial charge in [-0.1, -0.05) is 6.92 Å². The Kier molecular flexibility index (Phi) is 2.33. The van der Waals surface area contributed by atoms with E-state index < -0.39 is 5.97 Å². The van der Waals surface area contributed by atoms with Crippen LogP contribution in [0.3, 0.4) is 0 Å². The summed E-state index contributed by atoms with van der Waals surface area (Å²) in [4.78, 5) is 16.8. The second-order valence-corrected chi connectivity index (χ2v) is 3.34. The number of carboxylic acid groups (broad SMARTS) is 1. The Balaban J connectivity index is 2.54. The number of aromatic amines is 2. The Morgan fingerprint density at radius 1 is 1.53 bits per heavy atom. The second-order valence-electron chi connectivity index (χ2n) is 3.34. The Bertz CT molecular complexity index is 469. The zero-order chi connectivity index (χ0) is 10.8. The van der Waals surface area contributed by atoms with Crippen molar-refractivity contribution in [2.24, 2.45) is 0 Å². The first-order valence-corrected chi connectivity index (χ1v) is 4.80. The SMILES string of the molecule is CCc1cc(-c2cc[nH]c2)c(C(=O)O)[nH]1. The van der Waals surface area contributed by atoms with E-state index in [1.165, 1.54) is 0 Å². The first-order valence-electron chi connectivity index (χ1n) is 4.80. The Hall–Kier alpha value is -1.97. The summed E-state index contributed by atoms with van der Waals surface area (Å²) in [5.74, 6) is -0.925. The van der Waals surface area contributed by atoms with Crippen LogP contribution in [-0.4, -0.2) is 21.0 Å². The molecule has 0 bridgehead atoms. The van der Waals surface area contributed by atoms with Crippen LogP contribution in [0.1, 0.15) is 23.1 Å². The van der Waals surface area contributed by atoms with Crippen LogP contribution < -0.4 is 0 Å². The Morgan fingerprint density at radius 2 is 2.33 bits per heavy atom. The number of aromatic carboxylic acids is 1. The molecule has 3 N–H and O–H groups in total. The van der Waals surface area contributed by atoms with Gasteiger partial charge >= 0.3 is 5.97 Å². The summed E-state index contributed by atoms with van der Waals surface area (Å²) in [6.45, 7) is 1.98. The van der Waals surface area contributed by atoms with E-state index in [-0.39, 0.29) is 5.69 Å². The molecule has 0 spiro atoms.